The Morgan fingerprint density at radius 2 is 1.71 bits per heavy atom. The zero-order chi connectivity index (χ0) is 19.4. The third-order valence-electron chi connectivity index (χ3n) is 5.27. The molecule has 1 aliphatic heterocycles. The van der Waals surface area contributed by atoms with Crippen molar-refractivity contribution in [1.82, 2.24) is 19.1 Å². The molecule has 1 unspecified atom stereocenters. The second-order valence-corrected chi connectivity index (χ2v) is 9.01. The van der Waals surface area contributed by atoms with Crippen molar-refractivity contribution in [1.29, 1.82) is 0 Å². The minimum atomic E-state index is -3.45. The molecule has 0 amide bonds. The van der Waals surface area contributed by atoms with E-state index in [1.807, 2.05) is 28.8 Å². The van der Waals surface area contributed by atoms with E-state index in [9.17, 15) is 8.42 Å². The van der Waals surface area contributed by atoms with E-state index in [0.717, 1.165) is 31.6 Å². The van der Waals surface area contributed by atoms with E-state index in [4.69, 9.17) is 0 Å². The van der Waals surface area contributed by atoms with Crippen LogP contribution in [0.25, 0.3) is 0 Å². The van der Waals surface area contributed by atoms with Crippen LogP contribution in [0.5, 0.6) is 0 Å². The van der Waals surface area contributed by atoms with Crippen LogP contribution >= 0.6 is 0 Å². The summed E-state index contributed by atoms with van der Waals surface area (Å²) >= 11 is 0. The summed E-state index contributed by atoms with van der Waals surface area (Å²) in [5, 5.41) is 8.32. The van der Waals surface area contributed by atoms with Crippen molar-refractivity contribution < 1.29 is 8.42 Å². The summed E-state index contributed by atoms with van der Waals surface area (Å²) in [5.41, 5.74) is 1.19. The summed E-state index contributed by atoms with van der Waals surface area (Å²) in [7, 11) is -3.45. The van der Waals surface area contributed by atoms with E-state index in [2.05, 4.69) is 22.3 Å². The largest absolute Gasteiger partial charge is 0.313 e. The van der Waals surface area contributed by atoms with Crippen LogP contribution < -0.4 is 0 Å². The molecule has 1 saturated heterocycles. The van der Waals surface area contributed by atoms with Crippen molar-refractivity contribution in [3.63, 3.8) is 0 Å². The molecule has 2 aromatic carbocycles. The molecule has 0 aliphatic carbocycles. The van der Waals surface area contributed by atoms with Gasteiger partial charge in [-0.2, -0.15) is 4.31 Å². The lowest BCUT2D eigenvalue weighted by Crippen LogP contribution is -2.36. The highest BCUT2D eigenvalue weighted by atomic mass is 32.2. The SMILES string of the molecule is O=S(=O)(c1ccccc1)N1CCCC1CCc1nncn1Cc1ccccc1. The van der Waals surface area contributed by atoms with E-state index < -0.39 is 10.0 Å². The molecule has 2 heterocycles. The molecule has 28 heavy (non-hydrogen) atoms. The molecule has 1 fully saturated rings. The Morgan fingerprint density at radius 1 is 1.00 bits per heavy atom. The number of rotatable bonds is 7. The van der Waals surface area contributed by atoms with Gasteiger partial charge in [-0.3, -0.25) is 0 Å². The maximum atomic E-state index is 13.0. The molecule has 1 aliphatic rings. The molecule has 0 N–H and O–H groups in total. The molecule has 1 aromatic heterocycles. The van der Waals surface area contributed by atoms with Crippen LogP contribution in [0, 0.1) is 0 Å². The summed E-state index contributed by atoms with van der Waals surface area (Å²) in [4.78, 5) is 0.370. The monoisotopic (exact) mass is 396 g/mol. The first-order chi connectivity index (χ1) is 13.6. The van der Waals surface area contributed by atoms with Gasteiger partial charge in [-0.05, 0) is 37.0 Å². The molecular formula is C21H24N4O2S. The lowest BCUT2D eigenvalue weighted by molar-refractivity contribution is 0.367. The predicted octanol–water partition coefficient (Wildman–Crippen LogP) is 3.11. The van der Waals surface area contributed by atoms with E-state index in [1.165, 1.54) is 5.56 Å². The third kappa shape index (κ3) is 4.00. The third-order valence-corrected chi connectivity index (χ3v) is 7.23. The number of aromatic nitrogens is 3. The van der Waals surface area contributed by atoms with Gasteiger partial charge in [0.25, 0.3) is 0 Å². The summed E-state index contributed by atoms with van der Waals surface area (Å²) in [6, 6.07) is 18.9. The molecule has 7 heteroatoms. The van der Waals surface area contributed by atoms with Gasteiger partial charge < -0.3 is 4.57 Å². The number of sulfonamides is 1. The first-order valence-electron chi connectivity index (χ1n) is 9.62. The van der Waals surface area contributed by atoms with Crippen LogP contribution in [-0.4, -0.2) is 40.1 Å². The number of hydrogen-bond donors (Lipinski definition) is 0. The Labute approximate surface area is 165 Å². The van der Waals surface area contributed by atoms with Crippen LogP contribution in [-0.2, 0) is 23.0 Å². The van der Waals surface area contributed by atoms with Crippen molar-refractivity contribution >= 4 is 10.0 Å². The lowest BCUT2D eigenvalue weighted by atomic mass is 10.1. The summed E-state index contributed by atoms with van der Waals surface area (Å²) in [6.45, 7) is 1.30. The fourth-order valence-corrected chi connectivity index (χ4v) is 5.57. The van der Waals surface area contributed by atoms with Crippen LogP contribution in [0.4, 0.5) is 0 Å². The highest BCUT2D eigenvalue weighted by molar-refractivity contribution is 7.89. The van der Waals surface area contributed by atoms with E-state index >= 15 is 0 Å². The fraction of sp³-hybridized carbons (Fsp3) is 0.333. The van der Waals surface area contributed by atoms with Crippen LogP contribution in [0.2, 0.25) is 0 Å². The van der Waals surface area contributed by atoms with Gasteiger partial charge in [0.1, 0.15) is 12.2 Å². The lowest BCUT2D eigenvalue weighted by Gasteiger charge is -2.24. The Bertz CT molecular complexity index is 1000. The average molecular weight is 397 g/mol. The highest BCUT2D eigenvalue weighted by Gasteiger charge is 2.35. The molecule has 6 nitrogen and oxygen atoms in total. The van der Waals surface area contributed by atoms with E-state index in [1.54, 1.807) is 34.9 Å². The second-order valence-electron chi connectivity index (χ2n) is 7.12. The first-order valence-corrected chi connectivity index (χ1v) is 11.1. The maximum Gasteiger partial charge on any atom is 0.243 e. The van der Waals surface area contributed by atoms with Crippen molar-refractivity contribution in [3.05, 3.63) is 78.4 Å². The Morgan fingerprint density at radius 3 is 2.46 bits per heavy atom. The Kier molecular flexibility index (Phi) is 5.54. The number of hydrogen-bond acceptors (Lipinski definition) is 4. The smallest absolute Gasteiger partial charge is 0.243 e. The van der Waals surface area contributed by atoms with Crippen molar-refractivity contribution in [2.45, 2.75) is 43.2 Å². The minimum absolute atomic E-state index is 0.00656. The van der Waals surface area contributed by atoms with Crippen LogP contribution in [0.15, 0.2) is 71.9 Å². The molecule has 0 saturated carbocycles. The summed E-state index contributed by atoms with van der Waals surface area (Å²) in [6.07, 6.45) is 4.99. The van der Waals surface area contributed by atoms with Crippen molar-refractivity contribution in [2.24, 2.45) is 0 Å². The van der Waals surface area contributed by atoms with E-state index in [-0.39, 0.29) is 6.04 Å². The first kappa shape index (κ1) is 18.8. The average Bonchev–Trinajstić information content (AvgIpc) is 3.37. The van der Waals surface area contributed by atoms with Gasteiger partial charge in [-0.15, -0.1) is 10.2 Å². The van der Waals surface area contributed by atoms with Crippen LogP contribution in [0.1, 0.15) is 30.7 Å². The van der Waals surface area contributed by atoms with Gasteiger partial charge in [0.2, 0.25) is 10.0 Å². The van der Waals surface area contributed by atoms with Crippen molar-refractivity contribution in [2.75, 3.05) is 6.54 Å². The van der Waals surface area contributed by atoms with Gasteiger partial charge >= 0.3 is 0 Å². The minimum Gasteiger partial charge on any atom is -0.313 e. The van der Waals surface area contributed by atoms with Gasteiger partial charge in [-0.25, -0.2) is 8.42 Å². The van der Waals surface area contributed by atoms with E-state index in [0.29, 0.717) is 17.9 Å². The Balaban J connectivity index is 1.45. The molecule has 4 rings (SSSR count). The molecule has 0 radical (unpaired) electrons. The number of aryl methyl sites for hydroxylation is 1. The normalized spacial score (nSPS) is 17.8. The van der Waals surface area contributed by atoms with Gasteiger partial charge in [-0.1, -0.05) is 48.5 Å². The molecule has 3 aromatic rings. The van der Waals surface area contributed by atoms with Gasteiger partial charge in [0, 0.05) is 19.0 Å². The number of nitrogens with zero attached hydrogens (tertiary/aromatic N) is 4. The van der Waals surface area contributed by atoms with Gasteiger partial charge in [0.15, 0.2) is 0 Å². The zero-order valence-electron chi connectivity index (χ0n) is 15.7. The maximum absolute atomic E-state index is 13.0. The van der Waals surface area contributed by atoms with Gasteiger partial charge in [0.05, 0.1) is 11.4 Å². The molecule has 146 valence electrons. The highest BCUT2D eigenvalue weighted by Crippen LogP contribution is 2.28. The van der Waals surface area contributed by atoms with Crippen molar-refractivity contribution in [3.8, 4) is 0 Å². The molecular weight excluding hydrogens is 372 g/mol. The topological polar surface area (TPSA) is 68.1 Å². The summed E-state index contributed by atoms with van der Waals surface area (Å²) < 4.78 is 29.7. The second kappa shape index (κ2) is 8.24. The fourth-order valence-electron chi connectivity index (χ4n) is 3.82. The van der Waals surface area contributed by atoms with Crippen LogP contribution in [0.3, 0.4) is 0 Å². The summed E-state index contributed by atoms with van der Waals surface area (Å²) in [5.74, 6) is 0.896. The predicted molar refractivity (Wildman–Crippen MR) is 107 cm³/mol. The molecule has 0 bridgehead atoms. The molecule has 0 spiro atoms. The molecule has 1 atom stereocenters. The quantitative estimate of drug-likeness (QED) is 0.615. The zero-order valence-corrected chi connectivity index (χ0v) is 16.5. The Hall–Kier alpha value is -2.51. The standard InChI is InChI=1S/C21H24N4O2S/c26-28(27,20-11-5-2-6-12-20)25-15-7-10-19(25)13-14-21-23-22-17-24(21)16-18-8-3-1-4-9-18/h1-6,8-9,11-12,17,19H,7,10,13-16H2. The number of benzene rings is 2.